The Hall–Kier alpha value is -2.15. The van der Waals surface area contributed by atoms with Crippen LogP contribution < -0.4 is 14.8 Å². The smallest absolute Gasteiger partial charge is 0.264 e. The molecule has 0 aromatic heterocycles. The molecule has 1 aliphatic heterocycles. The molecular formula is C18H14Cl2N2O3S. The van der Waals surface area contributed by atoms with E-state index in [2.05, 4.69) is 10.3 Å². The fraction of sp³-hybridized carbons (Fsp3) is 0.111. The second-order valence-corrected chi connectivity index (χ2v) is 6.98. The lowest BCUT2D eigenvalue weighted by atomic mass is 10.1. The molecule has 0 radical (unpaired) electrons. The van der Waals surface area contributed by atoms with E-state index >= 15 is 0 Å². The lowest BCUT2D eigenvalue weighted by molar-refractivity contribution is -0.115. The van der Waals surface area contributed by atoms with E-state index in [0.29, 0.717) is 37.3 Å². The van der Waals surface area contributed by atoms with Crippen molar-refractivity contribution in [2.45, 2.75) is 0 Å². The summed E-state index contributed by atoms with van der Waals surface area (Å²) in [4.78, 5) is 17.1. The summed E-state index contributed by atoms with van der Waals surface area (Å²) in [5.74, 6) is 1.03. The number of nitrogens with zero attached hydrogens (tertiary/aromatic N) is 1. The van der Waals surface area contributed by atoms with Gasteiger partial charge in [-0.15, -0.1) is 0 Å². The van der Waals surface area contributed by atoms with Crippen molar-refractivity contribution in [1.82, 2.24) is 5.32 Å². The third kappa shape index (κ3) is 3.98. The number of benzene rings is 2. The molecule has 3 rings (SSSR count). The Bertz CT molecular complexity index is 929. The zero-order valence-corrected chi connectivity index (χ0v) is 16.2. The average Bonchev–Trinajstić information content (AvgIpc) is 2.98. The fourth-order valence-electron chi connectivity index (χ4n) is 2.25. The van der Waals surface area contributed by atoms with Crippen molar-refractivity contribution in [1.29, 1.82) is 0 Å². The molecule has 2 aromatic carbocycles. The van der Waals surface area contributed by atoms with E-state index in [9.17, 15) is 4.79 Å². The Balaban J connectivity index is 1.89. The number of rotatable bonds is 4. The quantitative estimate of drug-likeness (QED) is 0.730. The third-order valence-electron chi connectivity index (χ3n) is 3.53. The van der Waals surface area contributed by atoms with Gasteiger partial charge in [0.1, 0.15) is 11.5 Å². The first-order chi connectivity index (χ1) is 12.5. The Labute approximate surface area is 165 Å². The monoisotopic (exact) mass is 408 g/mol. The van der Waals surface area contributed by atoms with E-state index in [0.717, 1.165) is 5.56 Å². The first kappa shape index (κ1) is 18.6. The van der Waals surface area contributed by atoms with Crippen LogP contribution in [0.15, 0.2) is 46.3 Å². The second-order valence-electron chi connectivity index (χ2n) is 5.16. The van der Waals surface area contributed by atoms with Gasteiger partial charge in [0.2, 0.25) is 0 Å². The normalized spacial score (nSPS) is 16.8. The number of methoxy groups -OCH3 is 2. The van der Waals surface area contributed by atoms with Crippen molar-refractivity contribution in [2.24, 2.45) is 4.99 Å². The number of halogens is 2. The Morgan fingerprint density at radius 1 is 1.15 bits per heavy atom. The van der Waals surface area contributed by atoms with Crippen LogP contribution in [0.3, 0.4) is 0 Å². The highest BCUT2D eigenvalue weighted by Crippen LogP contribution is 2.35. The van der Waals surface area contributed by atoms with Crippen LogP contribution >= 0.6 is 35.0 Å². The number of ether oxygens (including phenoxy) is 2. The molecule has 0 atom stereocenters. The maximum Gasteiger partial charge on any atom is 0.264 e. The predicted molar refractivity (Wildman–Crippen MR) is 107 cm³/mol. The molecule has 8 heteroatoms. The van der Waals surface area contributed by atoms with Crippen molar-refractivity contribution >= 4 is 57.8 Å². The average molecular weight is 409 g/mol. The molecule has 1 N–H and O–H groups in total. The van der Waals surface area contributed by atoms with E-state index in [1.165, 1.54) is 11.8 Å². The van der Waals surface area contributed by atoms with Gasteiger partial charge in [0.05, 0.1) is 34.9 Å². The van der Waals surface area contributed by atoms with Gasteiger partial charge < -0.3 is 14.8 Å². The molecule has 0 unspecified atom stereocenters. The number of amidine groups is 1. The zero-order valence-electron chi connectivity index (χ0n) is 13.9. The van der Waals surface area contributed by atoms with Gasteiger partial charge in [-0.05, 0) is 42.1 Å². The van der Waals surface area contributed by atoms with Crippen molar-refractivity contribution in [3.05, 3.63) is 56.9 Å². The number of carbonyl (C=O) groups is 1. The van der Waals surface area contributed by atoms with E-state index in [1.807, 2.05) is 6.07 Å². The highest BCUT2D eigenvalue weighted by molar-refractivity contribution is 8.18. The molecule has 0 aliphatic carbocycles. The summed E-state index contributed by atoms with van der Waals surface area (Å²) in [6.45, 7) is 0. The van der Waals surface area contributed by atoms with Crippen molar-refractivity contribution in [3.63, 3.8) is 0 Å². The van der Waals surface area contributed by atoms with Gasteiger partial charge in [-0.25, -0.2) is 4.99 Å². The Morgan fingerprint density at radius 2 is 1.96 bits per heavy atom. The van der Waals surface area contributed by atoms with E-state index in [-0.39, 0.29) is 5.91 Å². The number of amides is 1. The largest absolute Gasteiger partial charge is 0.497 e. The molecule has 1 heterocycles. The van der Waals surface area contributed by atoms with Gasteiger partial charge in [0, 0.05) is 11.6 Å². The summed E-state index contributed by atoms with van der Waals surface area (Å²) in [5.41, 5.74) is 1.25. The maximum absolute atomic E-state index is 12.2. The molecule has 0 bridgehead atoms. The first-order valence-corrected chi connectivity index (χ1v) is 9.04. The van der Waals surface area contributed by atoms with Crippen LogP contribution in [0.25, 0.3) is 6.08 Å². The minimum absolute atomic E-state index is 0.246. The third-order valence-corrected chi connectivity index (χ3v) is 5.25. The molecule has 0 saturated carbocycles. The molecule has 1 amide bonds. The predicted octanol–water partition coefficient (Wildman–Crippen LogP) is 4.90. The lowest BCUT2D eigenvalue weighted by Crippen LogP contribution is -2.19. The van der Waals surface area contributed by atoms with Crippen molar-refractivity contribution in [2.75, 3.05) is 14.2 Å². The van der Waals surface area contributed by atoms with Crippen molar-refractivity contribution < 1.29 is 14.3 Å². The first-order valence-electron chi connectivity index (χ1n) is 7.47. The molecule has 1 fully saturated rings. The molecule has 5 nitrogen and oxygen atoms in total. The Kier molecular flexibility index (Phi) is 5.76. The molecule has 1 saturated heterocycles. The SMILES string of the molecule is COc1ccc(C=C2SC(=Nc3cccc(Cl)c3Cl)NC2=O)c(OC)c1. The summed E-state index contributed by atoms with van der Waals surface area (Å²) >= 11 is 13.3. The summed E-state index contributed by atoms with van der Waals surface area (Å²) in [6.07, 6.45) is 1.74. The summed E-state index contributed by atoms with van der Waals surface area (Å²) in [6, 6.07) is 10.5. The van der Waals surface area contributed by atoms with Crippen molar-refractivity contribution in [3.8, 4) is 11.5 Å². The number of hydrogen-bond donors (Lipinski definition) is 1. The number of carbonyl (C=O) groups excluding carboxylic acids is 1. The van der Waals surface area contributed by atoms with Gasteiger partial charge >= 0.3 is 0 Å². The van der Waals surface area contributed by atoms with Gasteiger partial charge in [-0.3, -0.25) is 4.79 Å². The van der Waals surface area contributed by atoms with E-state index in [4.69, 9.17) is 32.7 Å². The van der Waals surface area contributed by atoms with Crippen LogP contribution in [-0.2, 0) is 4.79 Å². The van der Waals surface area contributed by atoms with E-state index < -0.39 is 0 Å². The summed E-state index contributed by atoms with van der Waals surface area (Å²) < 4.78 is 10.5. The minimum atomic E-state index is -0.246. The second kappa shape index (κ2) is 8.03. The van der Waals surface area contributed by atoms with Gasteiger partial charge in [-0.1, -0.05) is 29.3 Å². The molecule has 134 valence electrons. The molecule has 26 heavy (non-hydrogen) atoms. The van der Waals surface area contributed by atoms with Crippen LogP contribution in [0.4, 0.5) is 5.69 Å². The topological polar surface area (TPSA) is 59.9 Å². The van der Waals surface area contributed by atoms with Crippen LogP contribution in [0, 0.1) is 0 Å². The summed E-state index contributed by atoms with van der Waals surface area (Å²) in [7, 11) is 3.14. The molecule has 0 spiro atoms. The highest BCUT2D eigenvalue weighted by Gasteiger charge is 2.24. The number of nitrogens with one attached hydrogen (secondary N) is 1. The lowest BCUT2D eigenvalue weighted by Gasteiger charge is -2.07. The summed E-state index contributed by atoms with van der Waals surface area (Å²) in [5, 5.41) is 3.89. The minimum Gasteiger partial charge on any atom is -0.497 e. The van der Waals surface area contributed by atoms with Crippen LogP contribution in [-0.4, -0.2) is 25.3 Å². The fourth-order valence-corrected chi connectivity index (χ4v) is 3.41. The number of aliphatic imine (C=N–C) groups is 1. The number of hydrogen-bond acceptors (Lipinski definition) is 5. The maximum atomic E-state index is 12.2. The zero-order chi connectivity index (χ0) is 18.7. The highest BCUT2D eigenvalue weighted by atomic mass is 35.5. The van der Waals surface area contributed by atoms with Gasteiger partial charge in [0.15, 0.2) is 5.17 Å². The Morgan fingerprint density at radius 3 is 2.69 bits per heavy atom. The molecule has 1 aliphatic rings. The van der Waals surface area contributed by atoms with Crippen LogP contribution in [0.5, 0.6) is 11.5 Å². The van der Waals surface area contributed by atoms with E-state index in [1.54, 1.807) is 50.6 Å². The number of thioether (sulfide) groups is 1. The van der Waals surface area contributed by atoms with Gasteiger partial charge in [0.25, 0.3) is 5.91 Å². The van der Waals surface area contributed by atoms with Gasteiger partial charge in [-0.2, -0.15) is 0 Å². The van der Waals surface area contributed by atoms with Crippen LogP contribution in [0.2, 0.25) is 10.0 Å². The molecule has 2 aromatic rings. The molecular weight excluding hydrogens is 395 g/mol. The standard InChI is InChI=1S/C18H14Cl2N2O3S/c1-24-11-7-6-10(14(9-11)25-2)8-15-17(23)22-18(26-15)21-13-5-3-4-12(19)16(13)20/h3-9H,1-2H3,(H,21,22,23). The van der Waals surface area contributed by atoms with Crippen LogP contribution in [0.1, 0.15) is 5.56 Å².